The maximum absolute atomic E-state index is 12.3. The van der Waals surface area contributed by atoms with Crippen molar-refractivity contribution in [1.82, 2.24) is 25.3 Å². The lowest BCUT2D eigenvalue weighted by Gasteiger charge is -2.34. The highest BCUT2D eigenvalue weighted by Crippen LogP contribution is 2.09. The molecule has 0 bridgehead atoms. The molecule has 2 heterocycles. The Morgan fingerprint density at radius 2 is 1.96 bits per heavy atom. The Bertz CT molecular complexity index is 661. The normalized spacial score (nSPS) is 15.3. The van der Waals surface area contributed by atoms with Crippen LogP contribution in [0.25, 0.3) is 0 Å². The number of amides is 2. The van der Waals surface area contributed by atoms with Gasteiger partial charge in [-0.2, -0.15) is 5.10 Å². The van der Waals surface area contributed by atoms with E-state index in [1.165, 1.54) is 11.1 Å². The molecule has 6 heteroatoms. The summed E-state index contributed by atoms with van der Waals surface area (Å²) in [7, 11) is 0. The van der Waals surface area contributed by atoms with Gasteiger partial charge in [0.1, 0.15) is 0 Å². The van der Waals surface area contributed by atoms with Crippen LogP contribution in [0, 0.1) is 6.92 Å². The predicted molar refractivity (Wildman–Crippen MR) is 98.3 cm³/mol. The molecule has 3 rings (SSSR count). The molecule has 0 aliphatic carbocycles. The van der Waals surface area contributed by atoms with E-state index in [0.29, 0.717) is 6.54 Å². The van der Waals surface area contributed by atoms with E-state index < -0.39 is 0 Å². The molecule has 25 heavy (non-hydrogen) atoms. The average Bonchev–Trinajstić information content (AvgIpc) is 3.05. The van der Waals surface area contributed by atoms with Gasteiger partial charge in [0.25, 0.3) is 0 Å². The van der Waals surface area contributed by atoms with Crippen LogP contribution >= 0.6 is 0 Å². The number of benzene rings is 1. The van der Waals surface area contributed by atoms with Crippen LogP contribution < -0.4 is 5.32 Å². The van der Waals surface area contributed by atoms with Crippen LogP contribution in [0.3, 0.4) is 0 Å². The fraction of sp³-hybridized carbons (Fsp3) is 0.474. The quantitative estimate of drug-likeness (QED) is 0.792. The van der Waals surface area contributed by atoms with E-state index in [9.17, 15) is 4.79 Å². The zero-order valence-corrected chi connectivity index (χ0v) is 14.9. The first kappa shape index (κ1) is 17.5. The minimum atomic E-state index is 0.0586. The molecule has 1 aliphatic rings. The Labute approximate surface area is 149 Å². The highest BCUT2D eigenvalue weighted by Gasteiger charge is 2.20. The van der Waals surface area contributed by atoms with Crippen molar-refractivity contribution < 1.29 is 4.79 Å². The van der Waals surface area contributed by atoms with Gasteiger partial charge in [-0.25, -0.2) is 4.79 Å². The third-order valence-corrected chi connectivity index (χ3v) is 4.74. The number of nitrogens with one attached hydrogen (secondary N) is 2. The second-order valence-electron chi connectivity index (χ2n) is 6.60. The van der Waals surface area contributed by atoms with Crippen LogP contribution in [0.2, 0.25) is 0 Å². The second kappa shape index (κ2) is 8.67. The van der Waals surface area contributed by atoms with E-state index >= 15 is 0 Å². The van der Waals surface area contributed by atoms with Crippen molar-refractivity contribution in [3.8, 4) is 0 Å². The van der Waals surface area contributed by atoms with Crippen LogP contribution in [0.1, 0.15) is 23.2 Å². The first-order valence-corrected chi connectivity index (χ1v) is 9.00. The SMILES string of the molecule is Cc1[nH]ncc1CCCNC(=O)N1CCN(Cc2ccccc2)CC1. The third-order valence-electron chi connectivity index (χ3n) is 4.74. The predicted octanol–water partition coefficient (Wildman–Crippen LogP) is 2.18. The summed E-state index contributed by atoms with van der Waals surface area (Å²) in [6, 6.07) is 10.6. The van der Waals surface area contributed by atoms with Crippen LogP contribution in [0.5, 0.6) is 0 Å². The van der Waals surface area contributed by atoms with Gasteiger partial charge >= 0.3 is 6.03 Å². The molecule has 1 aromatic carbocycles. The van der Waals surface area contributed by atoms with Crippen molar-refractivity contribution in [2.45, 2.75) is 26.3 Å². The number of aromatic nitrogens is 2. The van der Waals surface area contributed by atoms with Gasteiger partial charge in [0, 0.05) is 45.0 Å². The van der Waals surface area contributed by atoms with Crippen molar-refractivity contribution in [3.05, 3.63) is 53.3 Å². The number of carbonyl (C=O) groups is 1. The number of nitrogens with zero attached hydrogens (tertiary/aromatic N) is 3. The maximum Gasteiger partial charge on any atom is 0.317 e. The molecule has 2 amide bonds. The number of aryl methyl sites for hydroxylation is 2. The van der Waals surface area contributed by atoms with E-state index in [1.807, 2.05) is 24.1 Å². The average molecular weight is 341 g/mol. The lowest BCUT2D eigenvalue weighted by molar-refractivity contribution is 0.135. The summed E-state index contributed by atoms with van der Waals surface area (Å²) in [5.74, 6) is 0. The molecule has 1 saturated heterocycles. The van der Waals surface area contributed by atoms with Crippen molar-refractivity contribution >= 4 is 6.03 Å². The monoisotopic (exact) mass is 341 g/mol. The van der Waals surface area contributed by atoms with E-state index in [2.05, 4.69) is 44.7 Å². The standard InChI is InChI=1S/C19H27N5O/c1-16-18(14-21-22-16)8-5-9-20-19(25)24-12-10-23(11-13-24)15-17-6-3-2-4-7-17/h2-4,6-7,14H,5,8-13,15H2,1H3,(H,20,25)(H,21,22). The van der Waals surface area contributed by atoms with E-state index in [1.54, 1.807) is 0 Å². The maximum atomic E-state index is 12.3. The van der Waals surface area contributed by atoms with Gasteiger partial charge in [-0.1, -0.05) is 30.3 Å². The second-order valence-corrected chi connectivity index (χ2v) is 6.60. The molecule has 0 saturated carbocycles. The van der Waals surface area contributed by atoms with Gasteiger partial charge in [0.2, 0.25) is 0 Å². The molecule has 0 unspecified atom stereocenters. The van der Waals surface area contributed by atoms with Crippen LogP contribution in [0.4, 0.5) is 4.79 Å². The van der Waals surface area contributed by atoms with E-state index in [0.717, 1.165) is 51.3 Å². The zero-order valence-electron chi connectivity index (χ0n) is 14.9. The summed E-state index contributed by atoms with van der Waals surface area (Å²) in [4.78, 5) is 16.6. The smallest absolute Gasteiger partial charge is 0.317 e. The van der Waals surface area contributed by atoms with Gasteiger partial charge in [0.15, 0.2) is 0 Å². The molecule has 1 aromatic heterocycles. The van der Waals surface area contributed by atoms with Gasteiger partial charge in [-0.05, 0) is 30.9 Å². The number of urea groups is 1. The molecule has 134 valence electrons. The molecule has 0 radical (unpaired) electrons. The number of H-pyrrole nitrogens is 1. The Hall–Kier alpha value is -2.34. The summed E-state index contributed by atoms with van der Waals surface area (Å²) in [5.41, 5.74) is 3.67. The lowest BCUT2D eigenvalue weighted by Crippen LogP contribution is -2.51. The topological polar surface area (TPSA) is 64.3 Å². The molecular weight excluding hydrogens is 314 g/mol. The molecule has 6 nitrogen and oxygen atoms in total. The highest BCUT2D eigenvalue weighted by molar-refractivity contribution is 5.74. The third kappa shape index (κ3) is 5.06. The van der Waals surface area contributed by atoms with Crippen molar-refractivity contribution in [2.24, 2.45) is 0 Å². The number of hydrogen-bond donors (Lipinski definition) is 2. The van der Waals surface area contributed by atoms with Gasteiger partial charge < -0.3 is 10.2 Å². The Morgan fingerprint density at radius 3 is 2.64 bits per heavy atom. The van der Waals surface area contributed by atoms with Crippen molar-refractivity contribution in [1.29, 1.82) is 0 Å². The summed E-state index contributed by atoms with van der Waals surface area (Å²) >= 11 is 0. The molecule has 2 N–H and O–H groups in total. The van der Waals surface area contributed by atoms with Crippen LogP contribution in [-0.4, -0.2) is 58.8 Å². The fourth-order valence-corrected chi connectivity index (χ4v) is 3.16. The largest absolute Gasteiger partial charge is 0.338 e. The zero-order chi connectivity index (χ0) is 17.5. The fourth-order valence-electron chi connectivity index (χ4n) is 3.16. The van der Waals surface area contributed by atoms with Gasteiger partial charge in [-0.15, -0.1) is 0 Å². The minimum Gasteiger partial charge on any atom is -0.338 e. The van der Waals surface area contributed by atoms with Crippen molar-refractivity contribution in [2.75, 3.05) is 32.7 Å². The lowest BCUT2D eigenvalue weighted by atomic mass is 10.1. The number of hydrogen-bond acceptors (Lipinski definition) is 3. The Morgan fingerprint density at radius 1 is 1.20 bits per heavy atom. The summed E-state index contributed by atoms with van der Waals surface area (Å²) in [6.07, 6.45) is 3.73. The number of rotatable bonds is 6. The molecule has 1 aliphatic heterocycles. The molecular formula is C19H27N5O. The van der Waals surface area contributed by atoms with E-state index in [-0.39, 0.29) is 6.03 Å². The van der Waals surface area contributed by atoms with Crippen molar-refractivity contribution in [3.63, 3.8) is 0 Å². The molecule has 0 atom stereocenters. The Kier molecular flexibility index (Phi) is 6.06. The first-order chi connectivity index (χ1) is 12.2. The number of carbonyl (C=O) groups excluding carboxylic acids is 1. The molecule has 2 aromatic rings. The summed E-state index contributed by atoms with van der Waals surface area (Å²) in [5, 5.41) is 10.00. The number of aromatic amines is 1. The Balaban J connectivity index is 1.33. The highest BCUT2D eigenvalue weighted by atomic mass is 16.2. The van der Waals surface area contributed by atoms with Crippen LogP contribution in [0.15, 0.2) is 36.5 Å². The summed E-state index contributed by atoms with van der Waals surface area (Å²) in [6.45, 7) is 7.12. The van der Waals surface area contributed by atoms with Gasteiger partial charge in [0.05, 0.1) is 6.20 Å². The molecule has 1 fully saturated rings. The van der Waals surface area contributed by atoms with Crippen LogP contribution in [-0.2, 0) is 13.0 Å². The van der Waals surface area contributed by atoms with Gasteiger partial charge in [-0.3, -0.25) is 10.00 Å². The summed E-state index contributed by atoms with van der Waals surface area (Å²) < 4.78 is 0. The molecule has 0 spiro atoms. The minimum absolute atomic E-state index is 0.0586. The van der Waals surface area contributed by atoms with E-state index in [4.69, 9.17) is 0 Å². The first-order valence-electron chi connectivity index (χ1n) is 9.00. The number of piperazine rings is 1.